The van der Waals surface area contributed by atoms with Crippen LogP contribution in [0.5, 0.6) is 0 Å². The fourth-order valence-electron chi connectivity index (χ4n) is 5.78. The number of pyridine rings is 1. The maximum atomic E-state index is 13.5. The van der Waals surface area contributed by atoms with Crippen LogP contribution in [0.15, 0.2) is 60.3 Å². The van der Waals surface area contributed by atoms with Crippen molar-refractivity contribution in [1.29, 1.82) is 0 Å². The van der Waals surface area contributed by atoms with Gasteiger partial charge in [-0.1, -0.05) is 49.8 Å². The van der Waals surface area contributed by atoms with Gasteiger partial charge < -0.3 is 19.8 Å². The molecule has 0 bridgehead atoms. The summed E-state index contributed by atoms with van der Waals surface area (Å²) in [6, 6.07) is 5.74. The maximum Gasteiger partial charge on any atom is 0.410 e. The molecule has 0 radical (unpaired) electrons. The van der Waals surface area contributed by atoms with Crippen molar-refractivity contribution >= 4 is 17.7 Å². The highest BCUT2D eigenvalue weighted by Gasteiger charge is 2.38. The molecule has 3 rings (SSSR count). The zero-order valence-corrected chi connectivity index (χ0v) is 27.4. The van der Waals surface area contributed by atoms with Crippen LogP contribution in [0.25, 0.3) is 0 Å². The van der Waals surface area contributed by atoms with Crippen LogP contribution in [-0.4, -0.2) is 92.2 Å². The maximum absolute atomic E-state index is 13.5. The Labute approximate surface area is 262 Å². The van der Waals surface area contributed by atoms with Crippen LogP contribution in [0.4, 0.5) is 4.79 Å². The van der Waals surface area contributed by atoms with Crippen molar-refractivity contribution in [2.75, 3.05) is 26.2 Å². The van der Waals surface area contributed by atoms with E-state index in [1.807, 2.05) is 57.2 Å². The van der Waals surface area contributed by atoms with E-state index in [-0.39, 0.29) is 30.7 Å². The third-order valence-corrected chi connectivity index (χ3v) is 8.81. The molecule has 1 amide bonds. The number of amides is 1. The van der Waals surface area contributed by atoms with Crippen molar-refractivity contribution in [3.05, 3.63) is 66.0 Å². The summed E-state index contributed by atoms with van der Waals surface area (Å²) < 4.78 is 5.90. The highest BCUT2D eigenvalue weighted by atomic mass is 16.6. The lowest BCUT2D eigenvalue weighted by Crippen LogP contribution is -2.55. The molecule has 44 heavy (non-hydrogen) atoms. The molecule has 1 aliphatic heterocycles. The van der Waals surface area contributed by atoms with E-state index in [4.69, 9.17) is 4.74 Å². The summed E-state index contributed by atoms with van der Waals surface area (Å²) in [5, 5.41) is 22.1. The van der Waals surface area contributed by atoms with E-state index < -0.39 is 47.3 Å². The molecule has 0 unspecified atom stereocenters. The summed E-state index contributed by atoms with van der Waals surface area (Å²) in [6.45, 7) is 16.1. The van der Waals surface area contributed by atoms with Crippen molar-refractivity contribution in [1.82, 2.24) is 14.8 Å². The molecule has 242 valence electrons. The minimum Gasteiger partial charge on any atom is -0.439 e. The molecule has 2 N–H and O–H groups in total. The van der Waals surface area contributed by atoms with Gasteiger partial charge >= 0.3 is 6.09 Å². The van der Waals surface area contributed by atoms with E-state index >= 15 is 0 Å². The molecule has 1 aliphatic carbocycles. The fraction of sp³-hybridized carbons (Fsp3) is 0.600. The number of allylic oxidation sites excluding steroid dienone is 5. The lowest BCUT2D eigenvalue weighted by Gasteiger charge is -2.42. The Balaban J connectivity index is 1.84. The van der Waals surface area contributed by atoms with E-state index in [0.29, 0.717) is 18.7 Å². The van der Waals surface area contributed by atoms with E-state index in [1.165, 1.54) is 0 Å². The lowest BCUT2D eigenvalue weighted by molar-refractivity contribution is -0.140. The predicted molar refractivity (Wildman–Crippen MR) is 171 cm³/mol. The number of hydrogen-bond donors (Lipinski definition) is 2. The van der Waals surface area contributed by atoms with Gasteiger partial charge in [0.05, 0.1) is 12.0 Å². The van der Waals surface area contributed by atoms with Crippen LogP contribution in [0.1, 0.15) is 79.3 Å². The summed E-state index contributed by atoms with van der Waals surface area (Å²) >= 11 is 0. The first kappa shape index (κ1) is 35.3. The van der Waals surface area contributed by atoms with Crippen LogP contribution < -0.4 is 0 Å². The molecule has 0 spiro atoms. The predicted octanol–water partition coefficient (Wildman–Crippen LogP) is 4.85. The van der Waals surface area contributed by atoms with Crippen molar-refractivity contribution < 1.29 is 29.3 Å². The van der Waals surface area contributed by atoms with E-state index in [2.05, 4.69) is 30.7 Å². The molecular weight excluding hydrogens is 558 g/mol. The SMILES string of the molecule is C/C(=C\C=C\[C@H](C)c1ccccn1)[C@H]1C(=O)C(=O)C[C@@H](O)CC[C@](C)(O)[C@@H](OC(=O)N2CCN(C(C)(C)C)CC2)/C=C/[C@@H]1C. The van der Waals surface area contributed by atoms with Crippen molar-refractivity contribution in [2.24, 2.45) is 11.8 Å². The average Bonchev–Trinajstić information content (AvgIpc) is 2.97. The van der Waals surface area contributed by atoms with Crippen LogP contribution in [-0.2, 0) is 14.3 Å². The third-order valence-electron chi connectivity index (χ3n) is 8.81. The number of aliphatic hydroxyl groups is 2. The summed E-state index contributed by atoms with van der Waals surface area (Å²) in [7, 11) is 0. The Morgan fingerprint density at radius 2 is 1.84 bits per heavy atom. The number of piperazine rings is 1. The van der Waals surface area contributed by atoms with Gasteiger partial charge in [0.2, 0.25) is 11.6 Å². The Morgan fingerprint density at radius 3 is 2.45 bits per heavy atom. The molecule has 9 nitrogen and oxygen atoms in total. The Kier molecular flexibility index (Phi) is 12.2. The molecule has 1 saturated heterocycles. The summed E-state index contributed by atoms with van der Waals surface area (Å²) in [6.07, 6.45) is 7.96. The molecular formula is C35H51N3O6. The molecule has 1 fully saturated rings. The normalized spacial score (nSPS) is 30.0. The largest absolute Gasteiger partial charge is 0.439 e. The minimum atomic E-state index is -1.50. The highest BCUT2D eigenvalue weighted by Crippen LogP contribution is 2.30. The second kappa shape index (κ2) is 15.2. The molecule has 6 atom stereocenters. The van der Waals surface area contributed by atoms with E-state index in [1.54, 1.807) is 30.2 Å². The molecule has 1 aromatic heterocycles. The average molecular weight is 610 g/mol. The van der Waals surface area contributed by atoms with Gasteiger partial charge in [-0.05, 0) is 71.6 Å². The number of aromatic nitrogens is 1. The van der Waals surface area contributed by atoms with Crippen molar-refractivity contribution in [3.63, 3.8) is 0 Å². The molecule has 0 saturated carbocycles. The topological polar surface area (TPSA) is 120 Å². The number of ether oxygens (including phenoxy) is 1. The van der Waals surface area contributed by atoms with Gasteiger partial charge in [0, 0.05) is 55.9 Å². The number of carbonyl (C=O) groups excluding carboxylic acids is 3. The summed E-state index contributed by atoms with van der Waals surface area (Å²) in [5.41, 5.74) is 0.105. The summed E-state index contributed by atoms with van der Waals surface area (Å²) in [5.74, 6) is -2.40. The van der Waals surface area contributed by atoms with Gasteiger partial charge in [0.1, 0.15) is 5.60 Å². The summed E-state index contributed by atoms with van der Waals surface area (Å²) in [4.78, 5) is 48.0. The number of Topliss-reactive ketones (excluding diaryl/α,β-unsaturated/α-hetero) is 2. The van der Waals surface area contributed by atoms with Gasteiger partial charge in [0.25, 0.3) is 0 Å². The standard InChI is InChI=1S/C35H51N3O6/c1-24(28-13-8-9-18-36-28)11-10-12-25(2)31-26(3)14-15-30(35(7,43)17-16-27(39)23-29(40)32(31)41)44-33(42)37-19-21-38(22-20-37)34(4,5)6/h8-15,18,24,26-27,30-31,39,43H,16-17,19-23H2,1-7H3/b11-10+,15-14+,25-12+/t24-,26-,27-,30-,31+,35-/m0/s1. The van der Waals surface area contributed by atoms with Gasteiger partial charge in [-0.25, -0.2) is 4.79 Å². The van der Waals surface area contributed by atoms with Gasteiger partial charge in [-0.15, -0.1) is 0 Å². The van der Waals surface area contributed by atoms with Crippen molar-refractivity contribution in [2.45, 2.75) is 97.0 Å². The smallest absolute Gasteiger partial charge is 0.410 e. The monoisotopic (exact) mass is 609 g/mol. The third kappa shape index (κ3) is 9.68. The number of aliphatic hydroxyl groups excluding tert-OH is 1. The van der Waals surface area contributed by atoms with Crippen LogP contribution in [0, 0.1) is 11.8 Å². The molecule has 0 aromatic carbocycles. The van der Waals surface area contributed by atoms with Crippen LogP contribution >= 0.6 is 0 Å². The van der Waals surface area contributed by atoms with Gasteiger partial charge in [-0.2, -0.15) is 0 Å². The first-order chi connectivity index (χ1) is 20.6. The highest BCUT2D eigenvalue weighted by molar-refractivity contribution is 6.38. The van der Waals surface area contributed by atoms with Gasteiger partial charge in [0.15, 0.2) is 6.10 Å². The van der Waals surface area contributed by atoms with Crippen LogP contribution in [0.2, 0.25) is 0 Å². The zero-order chi connectivity index (χ0) is 32.7. The molecule has 1 aromatic rings. The Hall–Kier alpha value is -3.14. The van der Waals surface area contributed by atoms with E-state index in [0.717, 1.165) is 18.8 Å². The number of rotatable bonds is 5. The first-order valence-electron chi connectivity index (χ1n) is 15.7. The number of ketones is 2. The number of carbonyl (C=O) groups is 3. The molecule has 2 aliphatic rings. The molecule has 2 heterocycles. The number of nitrogens with zero attached hydrogens (tertiary/aromatic N) is 3. The molecule has 9 heteroatoms. The Bertz CT molecular complexity index is 1220. The Morgan fingerprint density at radius 1 is 1.16 bits per heavy atom. The van der Waals surface area contributed by atoms with Crippen molar-refractivity contribution in [3.8, 4) is 0 Å². The van der Waals surface area contributed by atoms with Gasteiger partial charge in [-0.3, -0.25) is 19.5 Å². The first-order valence-corrected chi connectivity index (χ1v) is 15.7. The minimum absolute atomic E-state index is 0.00196. The van der Waals surface area contributed by atoms with Crippen LogP contribution in [0.3, 0.4) is 0 Å². The van der Waals surface area contributed by atoms with E-state index in [9.17, 15) is 24.6 Å². The lowest BCUT2D eigenvalue weighted by atomic mass is 9.79. The fourth-order valence-corrected chi connectivity index (χ4v) is 5.78. The number of hydrogen-bond acceptors (Lipinski definition) is 8. The zero-order valence-electron chi connectivity index (χ0n) is 27.4. The quantitative estimate of drug-likeness (QED) is 0.276. The second-order valence-corrected chi connectivity index (χ2v) is 13.6. The second-order valence-electron chi connectivity index (χ2n) is 13.6.